The van der Waals surface area contributed by atoms with Crippen molar-refractivity contribution in [1.82, 2.24) is 15.1 Å². The van der Waals surface area contributed by atoms with Crippen molar-refractivity contribution in [3.05, 3.63) is 0 Å². The zero-order chi connectivity index (χ0) is 9.54. The average Bonchev–Trinajstić information content (AvgIpc) is 2.45. The number of nitrogens with zero attached hydrogens (tertiary/aromatic N) is 2. The molecule has 0 amide bonds. The summed E-state index contributed by atoms with van der Waals surface area (Å²) in [5.74, 6) is 0.967. The number of hydrogen-bond donors (Lipinski definition) is 1. The molecule has 3 saturated heterocycles. The molecule has 0 aromatic heterocycles. The van der Waals surface area contributed by atoms with Crippen LogP contribution in [0.25, 0.3) is 0 Å². The van der Waals surface area contributed by atoms with E-state index in [9.17, 15) is 0 Å². The normalized spacial score (nSPS) is 42.9. The molecule has 3 unspecified atom stereocenters. The highest BCUT2D eigenvalue weighted by atomic mass is 15.3. The number of rotatable bonds is 2. The summed E-state index contributed by atoms with van der Waals surface area (Å²) in [5, 5.41) is 3.37. The molecule has 3 fully saturated rings. The Bertz CT molecular complexity index is 215. The van der Waals surface area contributed by atoms with Crippen LogP contribution in [-0.2, 0) is 0 Å². The van der Waals surface area contributed by atoms with Gasteiger partial charge < -0.3 is 10.2 Å². The van der Waals surface area contributed by atoms with Crippen molar-refractivity contribution in [3.8, 4) is 0 Å². The second-order valence-electron chi connectivity index (χ2n) is 5.18. The van der Waals surface area contributed by atoms with E-state index < -0.39 is 0 Å². The van der Waals surface area contributed by atoms with Gasteiger partial charge in [-0.1, -0.05) is 0 Å². The van der Waals surface area contributed by atoms with Crippen LogP contribution in [0.3, 0.4) is 0 Å². The molecule has 14 heavy (non-hydrogen) atoms. The van der Waals surface area contributed by atoms with Gasteiger partial charge in [-0.25, -0.2) is 0 Å². The number of hydrogen-bond acceptors (Lipinski definition) is 3. The summed E-state index contributed by atoms with van der Waals surface area (Å²) in [5.41, 5.74) is 0. The van der Waals surface area contributed by atoms with Crippen LogP contribution in [0.15, 0.2) is 0 Å². The van der Waals surface area contributed by atoms with Crippen molar-refractivity contribution >= 4 is 0 Å². The minimum atomic E-state index is 0.826. The fraction of sp³-hybridized carbons (Fsp3) is 1.00. The van der Waals surface area contributed by atoms with Gasteiger partial charge in [0.15, 0.2) is 0 Å². The SMILES string of the molecule is CN(C1CNC1)C1CCN2CCC1C2. The van der Waals surface area contributed by atoms with E-state index in [0.717, 1.165) is 18.0 Å². The lowest BCUT2D eigenvalue weighted by Crippen LogP contribution is -2.60. The van der Waals surface area contributed by atoms with E-state index in [2.05, 4.69) is 22.2 Å². The van der Waals surface area contributed by atoms with E-state index in [1.807, 2.05) is 0 Å². The zero-order valence-electron chi connectivity index (χ0n) is 9.08. The molecular weight excluding hydrogens is 174 g/mol. The van der Waals surface area contributed by atoms with Crippen molar-refractivity contribution in [2.24, 2.45) is 5.92 Å². The molecule has 2 bridgehead atoms. The van der Waals surface area contributed by atoms with Gasteiger partial charge in [-0.15, -0.1) is 0 Å². The average molecular weight is 195 g/mol. The fourth-order valence-corrected chi connectivity index (χ4v) is 3.30. The van der Waals surface area contributed by atoms with Gasteiger partial charge in [0.25, 0.3) is 0 Å². The lowest BCUT2D eigenvalue weighted by atomic mass is 9.91. The number of piperidine rings is 1. The second kappa shape index (κ2) is 3.47. The summed E-state index contributed by atoms with van der Waals surface area (Å²) in [4.78, 5) is 5.29. The van der Waals surface area contributed by atoms with Gasteiger partial charge >= 0.3 is 0 Å². The van der Waals surface area contributed by atoms with Gasteiger partial charge in [-0.05, 0) is 38.9 Å². The molecule has 0 aliphatic carbocycles. The molecule has 80 valence electrons. The van der Waals surface area contributed by atoms with E-state index in [0.29, 0.717) is 0 Å². The molecule has 0 aromatic carbocycles. The highest BCUT2D eigenvalue weighted by Crippen LogP contribution is 2.31. The van der Waals surface area contributed by atoms with E-state index in [1.54, 1.807) is 0 Å². The topological polar surface area (TPSA) is 18.5 Å². The van der Waals surface area contributed by atoms with Crippen molar-refractivity contribution < 1.29 is 0 Å². The maximum Gasteiger partial charge on any atom is 0.0345 e. The molecule has 0 radical (unpaired) electrons. The number of fused-ring (bicyclic) bond motifs is 2. The lowest BCUT2D eigenvalue weighted by Gasteiger charge is -2.44. The van der Waals surface area contributed by atoms with Gasteiger partial charge in [0.1, 0.15) is 0 Å². The van der Waals surface area contributed by atoms with Crippen LogP contribution in [0.2, 0.25) is 0 Å². The Kier molecular flexibility index (Phi) is 2.26. The van der Waals surface area contributed by atoms with Crippen LogP contribution < -0.4 is 5.32 Å². The highest BCUT2D eigenvalue weighted by molar-refractivity contribution is 4.95. The first-order chi connectivity index (χ1) is 6.84. The van der Waals surface area contributed by atoms with E-state index >= 15 is 0 Å². The van der Waals surface area contributed by atoms with Crippen LogP contribution in [0.4, 0.5) is 0 Å². The summed E-state index contributed by atoms with van der Waals surface area (Å²) < 4.78 is 0. The third-order valence-electron chi connectivity index (χ3n) is 4.45. The fourth-order valence-electron chi connectivity index (χ4n) is 3.30. The maximum absolute atomic E-state index is 3.37. The predicted octanol–water partition coefficient (Wildman–Crippen LogP) is -0.0158. The van der Waals surface area contributed by atoms with Crippen LogP contribution in [0.5, 0.6) is 0 Å². The minimum Gasteiger partial charge on any atom is -0.314 e. The third kappa shape index (κ3) is 1.38. The molecular formula is C11H21N3. The van der Waals surface area contributed by atoms with Crippen molar-refractivity contribution in [3.63, 3.8) is 0 Å². The molecule has 3 atom stereocenters. The first-order valence-electron chi connectivity index (χ1n) is 5.99. The van der Waals surface area contributed by atoms with Crippen molar-refractivity contribution in [2.75, 3.05) is 39.8 Å². The van der Waals surface area contributed by atoms with Gasteiger partial charge in [0.05, 0.1) is 0 Å². The number of nitrogens with one attached hydrogen (secondary N) is 1. The summed E-state index contributed by atoms with van der Waals surface area (Å²) in [7, 11) is 2.34. The zero-order valence-corrected chi connectivity index (χ0v) is 9.08. The molecule has 1 N–H and O–H groups in total. The third-order valence-corrected chi connectivity index (χ3v) is 4.45. The Balaban J connectivity index is 1.65. The van der Waals surface area contributed by atoms with Gasteiger partial charge in [0.2, 0.25) is 0 Å². The second-order valence-corrected chi connectivity index (χ2v) is 5.18. The summed E-state index contributed by atoms with van der Waals surface area (Å²) in [6, 6.07) is 1.70. The van der Waals surface area contributed by atoms with E-state index in [4.69, 9.17) is 0 Å². The maximum atomic E-state index is 3.37. The molecule has 3 heterocycles. The Labute approximate surface area is 86.4 Å². The Morgan fingerprint density at radius 3 is 2.71 bits per heavy atom. The van der Waals surface area contributed by atoms with Crippen molar-refractivity contribution in [2.45, 2.75) is 24.9 Å². The van der Waals surface area contributed by atoms with Gasteiger partial charge in [-0.2, -0.15) is 0 Å². The molecule has 0 saturated carbocycles. The monoisotopic (exact) mass is 195 g/mol. The first-order valence-corrected chi connectivity index (χ1v) is 5.99. The molecule has 3 aliphatic rings. The lowest BCUT2D eigenvalue weighted by molar-refractivity contribution is 0.0639. The number of likely N-dealkylation sites (N-methyl/N-ethyl adjacent to an activating group) is 1. The molecule has 3 rings (SSSR count). The van der Waals surface area contributed by atoms with Crippen LogP contribution in [-0.4, -0.2) is 61.7 Å². The smallest absolute Gasteiger partial charge is 0.0345 e. The molecule has 0 spiro atoms. The van der Waals surface area contributed by atoms with Gasteiger partial charge in [0, 0.05) is 31.7 Å². The standard InChI is InChI=1S/C11H21N3/c1-13(10-6-12-7-10)11-3-5-14-4-2-9(11)8-14/h9-12H,2-8H2,1H3. The van der Waals surface area contributed by atoms with Crippen LogP contribution in [0, 0.1) is 5.92 Å². The minimum absolute atomic E-state index is 0.826. The Morgan fingerprint density at radius 2 is 2.00 bits per heavy atom. The Morgan fingerprint density at radius 1 is 1.21 bits per heavy atom. The molecule has 3 nitrogen and oxygen atoms in total. The summed E-state index contributed by atoms with van der Waals surface area (Å²) in [6.07, 6.45) is 2.84. The predicted molar refractivity (Wildman–Crippen MR) is 57.4 cm³/mol. The summed E-state index contributed by atoms with van der Waals surface area (Å²) in [6.45, 7) is 6.49. The van der Waals surface area contributed by atoms with Crippen LogP contribution in [0.1, 0.15) is 12.8 Å². The van der Waals surface area contributed by atoms with Crippen LogP contribution >= 0.6 is 0 Å². The van der Waals surface area contributed by atoms with Gasteiger partial charge in [-0.3, -0.25) is 4.90 Å². The highest BCUT2D eigenvalue weighted by Gasteiger charge is 2.38. The quantitative estimate of drug-likeness (QED) is 0.668. The van der Waals surface area contributed by atoms with Crippen molar-refractivity contribution in [1.29, 1.82) is 0 Å². The Hall–Kier alpha value is -0.120. The first kappa shape index (κ1) is 9.13. The largest absolute Gasteiger partial charge is 0.314 e. The molecule has 3 aliphatic heterocycles. The molecule has 3 heteroatoms. The molecule has 0 aromatic rings. The van der Waals surface area contributed by atoms with E-state index in [1.165, 1.54) is 45.6 Å². The van der Waals surface area contributed by atoms with E-state index in [-0.39, 0.29) is 0 Å². The summed E-state index contributed by atoms with van der Waals surface area (Å²) >= 11 is 0.